The van der Waals surface area contributed by atoms with Crippen molar-refractivity contribution in [2.75, 3.05) is 27.9 Å². The van der Waals surface area contributed by atoms with E-state index in [1.54, 1.807) is 32.9 Å². The van der Waals surface area contributed by atoms with E-state index in [2.05, 4.69) is 0 Å². The zero-order chi connectivity index (χ0) is 21.1. The summed E-state index contributed by atoms with van der Waals surface area (Å²) in [5, 5.41) is -0.540. The molecule has 1 aliphatic rings. The molecule has 0 aromatic heterocycles. The molecule has 0 saturated carbocycles. The van der Waals surface area contributed by atoms with E-state index >= 15 is 0 Å². The molecule has 2 rings (SSSR count). The summed E-state index contributed by atoms with van der Waals surface area (Å²) in [5.74, 6) is 0.131. The van der Waals surface area contributed by atoms with Gasteiger partial charge in [0.15, 0.2) is 11.5 Å². The summed E-state index contributed by atoms with van der Waals surface area (Å²) >= 11 is 0.742. The van der Waals surface area contributed by atoms with Crippen molar-refractivity contribution in [3.8, 4) is 17.2 Å². The molecule has 1 heterocycles. The molecule has 2 amide bonds. The van der Waals surface area contributed by atoms with Crippen molar-refractivity contribution in [3.63, 3.8) is 0 Å². The number of methoxy groups -OCH3 is 3. The van der Waals surface area contributed by atoms with Crippen LogP contribution in [-0.2, 0) is 14.3 Å². The lowest BCUT2D eigenvalue weighted by atomic mass is 10.1. The van der Waals surface area contributed by atoms with Gasteiger partial charge in [-0.15, -0.1) is 0 Å². The number of carbonyl (C=O) groups excluding carboxylic acids is 3. The van der Waals surface area contributed by atoms with E-state index in [0.717, 1.165) is 16.7 Å². The highest BCUT2D eigenvalue weighted by Crippen LogP contribution is 2.38. The largest absolute Gasteiger partial charge is 0.496 e. The molecule has 8 nitrogen and oxygen atoms in total. The van der Waals surface area contributed by atoms with Gasteiger partial charge in [0.25, 0.3) is 11.1 Å². The van der Waals surface area contributed by atoms with E-state index in [1.807, 2.05) is 0 Å². The van der Waals surface area contributed by atoms with Gasteiger partial charge >= 0.3 is 5.97 Å². The number of imide groups is 1. The van der Waals surface area contributed by atoms with Crippen molar-refractivity contribution < 1.29 is 33.3 Å². The van der Waals surface area contributed by atoms with Crippen molar-refractivity contribution in [2.24, 2.45) is 0 Å². The predicted molar refractivity (Wildman–Crippen MR) is 105 cm³/mol. The molecule has 0 N–H and O–H groups in total. The van der Waals surface area contributed by atoms with Crippen LogP contribution in [0.2, 0.25) is 0 Å². The Morgan fingerprint density at radius 1 is 1.04 bits per heavy atom. The van der Waals surface area contributed by atoms with E-state index in [9.17, 15) is 14.4 Å². The summed E-state index contributed by atoms with van der Waals surface area (Å²) < 4.78 is 21.0. The summed E-state index contributed by atoms with van der Waals surface area (Å²) in [6, 6.07) is 3.26. The van der Waals surface area contributed by atoms with Crippen LogP contribution in [0.1, 0.15) is 26.3 Å². The molecule has 1 saturated heterocycles. The second-order valence-corrected chi connectivity index (χ2v) is 7.80. The molecule has 1 fully saturated rings. The van der Waals surface area contributed by atoms with Gasteiger partial charge in [-0.25, -0.2) is 0 Å². The van der Waals surface area contributed by atoms with E-state index in [4.69, 9.17) is 18.9 Å². The number of nitrogens with zero attached hydrogens (tertiary/aromatic N) is 1. The van der Waals surface area contributed by atoms with E-state index in [-0.39, 0.29) is 4.91 Å². The molecular weight excluding hydrogens is 386 g/mol. The van der Waals surface area contributed by atoms with Gasteiger partial charge < -0.3 is 18.9 Å². The number of rotatable bonds is 6. The minimum absolute atomic E-state index is 0.166. The van der Waals surface area contributed by atoms with Crippen molar-refractivity contribution in [1.29, 1.82) is 0 Å². The first-order valence-electron chi connectivity index (χ1n) is 8.37. The first-order chi connectivity index (χ1) is 13.1. The first kappa shape index (κ1) is 21.6. The van der Waals surface area contributed by atoms with Gasteiger partial charge in [-0.2, -0.15) is 0 Å². The molecule has 0 radical (unpaired) electrons. The van der Waals surface area contributed by atoms with Gasteiger partial charge in [0, 0.05) is 11.6 Å². The Bertz CT molecular complexity index is 826. The SMILES string of the molecule is COc1cc(OC)c(OC)cc1/C=C1\SC(=O)N(CC(=O)OC(C)(C)C)C1=O. The molecule has 1 aromatic carbocycles. The fourth-order valence-electron chi connectivity index (χ4n) is 2.45. The first-order valence-corrected chi connectivity index (χ1v) is 9.18. The highest BCUT2D eigenvalue weighted by Gasteiger charge is 2.37. The maximum atomic E-state index is 12.6. The normalized spacial score (nSPS) is 15.8. The summed E-state index contributed by atoms with van der Waals surface area (Å²) in [7, 11) is 4.47. The number of thioether (sulfide) groups is 1. The predicted octanol–water partition coefficient (Wildman–Crippen LogP) is 3.09. The molecule has 0 atom stereocenters. The van der Waals surface area contributed by atoms with Crippen molar-refractivity contribution in [3.05, 3.63) is 22.6 Å². The van der Waals surface area contributed by atoms with Gasteiger partial charge in [0.2, 0.25) is 0 Å². The highest BCUT2D eigenvalue weighted by molar-refractivity contribution is 8.18. The number of hydrogen-bond donors (Lipinski definition) is 0. The Labute approximate surface area is 167 Å². The summed E-state index contributed by atoms with van der Waals surface area (Å²) in [6.07, 6.45) is 1.51. The number of carbonyl (C=O) groups is 3. The molecule has 1 aliphatic heterocycles. The fourth-order valence-corrected chi connectivity index (χ4v) is 3.28. The lowest BCUT2D eigenvalue weighted by molar-refractivity contribution is -0.156. The second kappa shape index (κ2) is 8.55. The Morgan fingerprint density at radius 2 is 1.61 bits per heavy atom. The Morgan fingerprint density at radius 3 is 2.14 bits per heavy atom. The Kier molecular flexibility index (Phi) is 6.60. The van der Waals surface area contributed by atoms with Crippen LogP contribution in [0, 0.1) is 0 Å². The molecular formula is C19H23NO7S. The minimum atomic E-state index is -0.707. The number of hydrogen-bond acceptors (Lipinski definition) is 8. The van der Waals surface area contributed by atoms with Crippen LogP contribution >= 0.6 is 11.8 Å². The van der Waals surface area contributed by atoms with Gasteiger partial charge in [-0.05, 0) is 44.7 Å². The average Bonchev–Trinajstić information content (AvgIpc) is 2.87. The number of amides is 2. The Hall–Kier alpha value is -2.68. The molecule has 9 heteroatoms. The molecule has 152 valence electrons. The van der Waals surface area contributed by atoms with Crippen LogP contribution in [0.4, 0.5) is 4.79 Å². The summed E-state index contributed by atoms with van der Waals surface area (Å²) in [4.78, 5) is 37.8. The topological polar surface area (TPSA) is 91.4 Å². The minimum Gasteiger partial charge on any atom is -0.496 e. The van der Waals surface area contributed by atoms with Gasteiger partial charge in [0.1, 0.15) is 17.9 Å². The third-order valence-electron chi connectivity index (χ3n) is 3.60. The fraction of sp³-hybridized carbons (Fsp3) is 0.421. The van der Waals surface area contributed by atoms with Crippen molar-refractivity contribution >= 4 is 35.0 Å². The molecule has 1 aromatic rings. The van der Waals surface area contributed by atoms with Crippen LogP contribution in [0.3, 0.4) is 0 Å². The number of esters is 1. The second-order valence-electron chi connectivity index (χ2n) is 6.80. The summed E-state index contributed by atoms with van der Waals surface area (Å²) in [5.41, 5.74) is -0.176. The van der Waals surface area contributed by atoms with Crippen LogP contribution in [-0.4, -0.2) is 55.5 Å². The van der Waals surface area contributed by atoms with Gasteiger partial charge in [0.05, 0.1) is 26.2 Å². The van der Waals surface area contributed by atoms with Crippen LogP contribution in [0.5, 0.6) is 17.2 Å². The lowest BCUT2D eigenvalue weighted by Gasteiger charge is -2.21. The van der Waals surface area contributed by atoms with E-state index in [1.165, 1.54) is 27.4 Å². The van der Waals surface area contributed by atoms with E-state index in [0.29, 0.717) is 22.8 Å². The third kappa shape index (κ3) is 4.98. The average molecular weight is 409 g/mol. The molecule has 0 aliphatic carbocycles. The standard InChI is InChI=1S/C19H23NO7S/c1-19(2,3)27-16(21)10-20-17(22)15(28-18(20)23)8-11-7-13(25-5)14(26-6)9-12(11)24-4/h7-9H,10H2,1-6H3/b15-8-. The molecule has 0 bridgehead atoms. The maximum Gasteiger partial charge on any atom is 0.326 e. The quantitative estimate of drug-likeness (QED) is 0.523. The maximum absolute atomic E-state index is 12.6. The van der Waals surface area contributed by atoms with Crippen molar-refractivity contribution in [2.45, 2.75) is 26.4 Å². The summed E-state index contributed by atoms with van der Waals surface area (Å²) in [6.45, 7) is 4.69. The molecule has 0 unspecified atom stereocenters. The van der Waals surface area contributed by atoms with Gasteiger partial charge in [-0.3, -0.25) is 19.3 Å². The third-order valence-corrected chi connectivity index (χ3v) is 4.51. The van der Waals surface area contributed by atoms with Crippen molar-refractivity contribution in [1.82, 2.24) is 4.90 Å². The smallest absolute Gasteiger partial charge is 0.326 e. The molecule has 0 spiro atoms. The van der Waals surface area contributed by atoms with E-state index < -0.39 is 29.3 Å². The Balaban J connectivity index is 2.29. The number of benzene rings is 1. The monoisotopic (exact) mass is 409 g/mol. The molecule has 28 heavy (non-hydrogen) atoms. The zero-order valence-corrected chi connectivity index (χ0v) is 17.5. The van der Waals surface area contributed by atoms with Crippen LogP contribution in [0.25, 0.3) is 6.08 Å². The van der Waals surface area contributed by atoms with Crippen LogP contribution < -0.4 is 14.2 Å². The number of ether oxygens (including phenoxy) is 4. The lowest BCUT2D eigenvalue weighted by Crippen LogP contribution is -2.37. The van der Waals surface area contributed by atoms with Gasteiger partial charge in [-0.1, -0.05) is 0 Å². The zero-order valence-electron chi connectivity index (χ0n) is 16.7. The highest BCUT2D eigenvalue weighted by atomic mass is 32.2. The van der Waals surface area contributed by atoms with Crippen LogP contribution in [0.15, 0.2) is 17.0 Å².